The summed E-state index contributed by atoms with van der Waals surface area (Å²) in [6.45, 7) is 9.49. The molecule has 2 aliphatic rings. The highest BCUT2D eigenvalue weighted by Gasteiger charge is 2.30. The molecule has 0 spiro atoms. The monoisotopic (exact) mass is 359 g/mol. The van der Waals surface area contributed by atoms with E-state index in [1.54, 1.807) is 0 Å². The van der Waals surface area contributed by atoms with Gasteiger partial charge >= 0.3 is 6.09 Å². The highest BCUT2D eigenvalue weighted by atomic mass is 16.5. The minimum absolute atomic E-state index is 0.236. The van der Waals surface area contributed by atoms with Crippen molar-refractivity contribution in [2.45, 2.75) is 64.3 Å². The summed E-state index contributed by atoms with van der Waals surface area (Å²) in [4.78, 5) is 17.3. The van der Waals surface area contributed by atoms with Crippen LogP contribution >= 0.6 is 0 Å². The second-order valence-electron chi connectivity index (χ2n) is 7.89. The summed E-state index contributed by atoms with van der Waals surface area (Å²) in [5.74, 6) is 0. The van der Waals surface area contributed by atoms with Gasteiger partial charge in [0.25, 0.3) is 0 Å². The zero-order valence-corrected chi connectivity index (χ0v) is 16.2. The van der Waals surface area contributed by atoms with E-state index in [0.717, 1.165) is 44.6 Å². The molecule has 0 radical (unpaired) electrons. The lowest BCUT2D eigenvalue weighted by atomic mass is 9.89. The molecule has 0 aromatic heterocycles. The summed E-state index contributed by atoms with van der Waals surface area (Å²) in [6.07, 6.45) is 4.24. The Hall–Kier alpha value is -1.59. The lowest BCUT2D eigenvalue weighted by Gasteiger charge is -2.43. The third kappa shape index (κ3) is 5.45. The van der Waals surface area contributed by atoms with Crippen molar-refractivity contribution in [1.29, 1.82) is 0 Å². The molecule has 5 nitrogen and oxygen atoms in total. The largest absolute Gasteiger partial charge is 0.445 e. The van der Waals surface area contributed by atoms with Gasteiger partial charge in [-0.3, -0.25) is 9.80 Å². The maximum atomic E-state index is 12.1. The van der Waals surface area contributed by atoms with Crippen LogP contribution in [-0.4, -0.2) is 60.2 Å². The quantitative estimate of drug-likeness (QED) is 0.876. The summed E-state index contributed by atoms with van der Waals surface area (Å²) < 4.78 is 5.38. The highest BCUT2D eigenvalue weighted by Crippen LogP contribution is 2.24. The fourth-order valence-corrected chi connectivity index (χ4v) is 4.18. The van der Waals surface area contributed by atoms with Gasteiger partial charge in [0.1, 0.15) is 6.61 Å². The van der Waals surface area contributed by atoms with Gasteiger partial charge in [-0.2, -0.15) is 0 Å². The first-order valence-corrected chi connectivity index (χ1v) is 10.1. The van der Waals surface area contributed by atoms with Gasteiger partial charge in [-0.25, -0.2) is 4.79 Å². The van der Waals surface area contributed by atoms with E-state index >= 15 is 0 Å². The van der Waals surface area contributed by atoms with Crippen LogP contribution < -0.4 is 5.32 Å². The van der Waals surface area contributed by atoms with Crippen LogP contribution in [0.1, 0.15) is 45.1 Å². The van der Waals surface area contributed by atoms with Gasteiger partial charge in [0, 0.05) is 44.3 Å². The van der Waals surface area contributed by atoms with E-state index in [1.165, 1.54) is 12.8 Å². The lowest BCUT2D eigenvalue weighted by Crippen LogP contribution is -2.54. The lowest BCUT2D eigenvalue weighted by molar-refractivity contribution is 0.0572. The average Bonchev–Trinajstić information content (AvgIpc) is 2.67. The van der Waals surface area contributed by atoms with Gasteiger partial charge in [-0.15, -0.1) is 0 Å². The van der Waals surface area contributed by atoms with Crippen LogP contribution in [0, 0.1) is 0 Å². The molecule has 2 fully saturated rings. The molecule has 1 aromatic rings. The third-order valence-corrected chi connectivity index (χ3v) is 5.78. The molecular weight excluding hydrogens is 326 g/mol. The van der Waals surface area contributed by atoms with Crippen LogP contribution in [0.25, 0.3) is 0 Å². The number of nitrogens with one attached hydrogen (secondary N) is 1. The van der Waals surface area contributed by atoms with Gasteiger partial charge in [0.15, 0.2) is 0 Å². The van der Waals surface area contributed by atoms with Gasteiger partial charge < -0.3 is 10.1 Å². The number of hydrogen-bond acceptors (Lipinski definition) is 4. The van der Waals surface area contributed by atoms with E-state index in [9.17, 15) is 4.79 Å². The molecule has 1 amide bonds. The van der Waals surface area contributed by atoms with Crippen molar-refractivity contribution in [3.05, 3.63) is 35.9 Å². The first kappa shape index (κ1) is 19.2. The third-order valence-electron chi connectivity index (χ3n) is 5.78. The Kier molecular flexibility index (Phi) is 6.92. The highest BCUT2D eigenvalue weighted by molar-refractivity contribution is 5.67. The predicted octanol–water partition coefficient (Wildman–Crippen LogP) is 3.25. The number of benzene rings is 1. The Balaban J connectivity index is 1.41. The Morgan fingerprint density at radius 3 is 2.58 bits per heavy atom. The van der Waals surface area contributed by atoms with Crippen LogP contribution in [0.15, 0.2) is 30.3 Å². The van der Waals surface area contributed by atoms with E-state index in [1.807, 2.05) is 30.3 Å². The number of alkyl carbamates (subject to hydrolysis) is 1. The number of carbonyl (C=O) groups excluding carboxylic acids is 1. The van der Waals surface area contributed by atoms with Crippen molar-refractivity contribution in [3.8, 4) is 0 Å². The first-order valence-electron chi connectivity index (χ1n) is 10.1. The minimum Gasteiger partial charge on any atom is -0.445 e. The molecule has 1 saturated heterocycles. The van der Waals surface area contributed by atoms with Gasteiger partial charge in [-0.05, 0) is 45.1 Å². The number of amides is 1. The Morgan fingerprint density at radius 1 is 1.15 bits per heavy atom. The summed E-state index contributed by atoms with van der Waals surface area (Å²) in [5, 5.41) is 3.09. The molecule has 1 aromatic carbocycles. The summed E-state index contributed by atoms with van der Waals surface area (Å²) in [7, 11) is 0. The zero-order chi connectivity index (χ0) is 18.4. The average molecular weight is 360 g/mol. The van der Waals surface area contributed by atoms with Crippen molar-refractivity contribution in [2.75, 3.05) is 26.2 Å². The Labute approximate surface area is 157 Å². The standard InChI is InChI=1S/C21H33N3O2/c1-17(2)23-11-13-24(14-12-23)20-10-6-9-19(15-20)22-21(25)26-16-18-7-4-3-5-8-18/h3-5,7-8,17,19-20H,6,9-16H2,1-2H3,(H,22,25). The maximum Gasteiger partial charge on any atom is 0.407 e. The van der Waals surface area contributed by atoms with Crippen LogP contribution in [0.2, 0.25) is 0 Å². The van der Waals surface area contributed by atoms with Gasteiger partial charge in [0.05, 0.1) is 0 Å². The van der Waals surface area contributed by atoms with Crippen molar-refractivity contribution in [2.24, 2.45) is 0 Å². The van der Waals surface area contributed by atoms with Gasteiger partial charge in [0.2, 0.25) is 0 Å². The van der Waals surface area contributed by atoms with E-state index in [2.05, 4.69) is 29.0 Å². The molecule has 0 bridgehead atoms. The molecule has 26 heavy (non-hydrogen) atoms. The maximum absolute atomic E-state index is 12.1. The SMILES string of the molecule is CC(C)N1CCN(C2CCCC(NC(=O)OCc3ccccc3)C2)CC1. The number of rotatable bonds is 5. The van der Waals surface area contributed by atoms with E-state index < -0.39 is 0 Å². The smallest absolute Gasteiger partial charge is 0.407 e. The predicted molar refractivity (Wildman–Crippen MR) is 104 cm³/mol. The molecule has 1 aliphatic heterocycles. The molecule has 1 aliphatic carbocycles. The molecule has 1 heterocycles. The van der Waals surface area contributed by atoms with Crippen molar-refractivity contribution < 1.29 is 9.53 Å². The van der Waals surface area contributed by atoms with Crippen molar-refractivity contribution in [3.63, 3.8) is 0 Å². The molecule has 5 heteroatoms. The first-order chi connectivity index (χ1) is 12.6. The molecule has 2 unspecified atom stereocenters. The molecule has 144 valence electrons. The van der Waals surface area contributed by atoms with Gasteiger partial charge in [-0.1, -0.05) is 30.3 Å². The van der Waals surface area contributed by atoms with Crippen LogP contribution in [0.5, 0.6) is 0 Å². The fraction of sp³-hybridized carbons (Fsp3) is 0.667. The number of carbonyl (C=O) groups is 1. The minimum atomic E-state index is -0.288. The Bertz CT molecular complexity index is 556. The molecule has 1 N–H and O–H groups in total. The summed E-state index contributed by atoms with van der Waals surface area (Å²) in [6, 6.07) is 11.3. The second kappa shape index (κ2) is 9.38. The van der Waals surface area contributed by atoms with Crippen molar-refractivity contribution in [1.82, 2.24) is 15.1 Å². The van der Waals surface area contributed by atoms with Crippen molar-refractivity contribution >= 4 is 6.09 Å². The number of ether oxygens (including phenoxy) is 1. The summed E-state index contributed by atoms with van der Waals surface area (Å²) in [5.41, 5.74) is 1.02. The molecule has 1 saturated carbocycles. The summed E-state index contributed by atoms with van der Waals surface area (Å²) >= 11 is 0. The van der Waals surface area contributed by atoms with E-state index in [-0.39, 0.29) is 12.1 Å². The molecular formula is C21H33N3O2. The van der Waals surface area contributed by atoms with Crippen LogP contribution in [0.3, 0.4) is 0 Å². The number of nitrogens with zero attached hydrogens (tertiary/aromatic N) is 2. The number of hydrogen-bond donors (Lipinski definition) is 1. The Morgan fingerprint density at radius 2 is 1.88 bits per heavy atom. The zero-order valence-electron chi connectivity index (χ0n) is 16.2. The topological polar surface area (TPSA) is 44.8 Å². The van der Waals surface area contributed by atoms with E-state index in [4.69, 9.17) is 4.74 Å². The number of piperazine rings is 1. The fourth-order valence-electron chi connectivity index (χ4n) is 4.18. The second-order valence-corrected chi connectivity index (χ2v) is 7.89. The van der Waals surface area contributed by atoms with E-state index in [0.29, 0.717) is 18.7 Å². The van der Waals surface area contributed by atoms with Crippen LogP contribution in [0.4, 0.5) is 4.79 Å². The normalized spacial score (nSPS) is 25.2. The molecule has 3 rings (SSSR count). The van der Waals surface area contributed by atoms with Crippen LogP contribution in [-0.2, 0) is 11.3 Å². The molecule has 2 atom stereocenters.